The summed E-state index contributed by atoms with van der Waals surface area (Å²) in [6.45, 7) is 6.37. The van der Waals surface area contributed by atoms with Gasteiger partial charge in [-0.15, -0.1) is 71.3 Å². The summed E-state index contributed by atoms with van der Waals surface area (Å²) < 4.78 is 0. The fourth-order valence-corrected chi connectivity index (χ4v) is 6.26. The number of benzene rings is 6. The Kier molecular flexibility index (Phi) is 10.0. The molecule has 8 aromatic rings. The molecule has 8 rings (SSSR count). The topological polar surface area (TPSA) is 25.8 Å². The SMILES string of the molecule is Cc1ccc(-c2[c-]cccc2)nc1.Cc1cccc(C)c1-c1ccnc(-c2[c-]ccc(-c3cc4ccccc4c4ccccc34)c2)c1.[Ir]. The Balaban J connectivity index is 0.000000241. The summed E-state index contributed by atoms with van der Waals surface area (Å²) in [6, 6.07) is 55.2. The van der Waals surface area contributed by atoms with Crippen molar-refractivity contribution < 1.29 is 20.1 Å². The van der Waals surface area contributed by atoms with Gasteiger partial charge in [-0.2, -0.15) is 0 Å². The summed E-state index contributed by atoms with van der Waals surface area (Å²) in [6.07, 6.45) is 3.78. The smallest absolute Gasteiger partial charge is 0.0190 e. The van der Waals surface area contributed by atoms with Gasteiger partial charge in [-0.1, -0.05) is 84.9 Å². The molecule has 0 N–H and O–H groups in total. The molecule has 235 valence electrons. The third-order valence-electron chi connectivity index (χ3n) is 8.58. The zero-order valence-electron chi connectivity index (χ0n) is 27.2. The number of aromatic nitrogens is 2. The first-order valence-electron chi connectivity index (χ1n) is 15.9. The molecule has 0 amide bonds. The van der Waals surface area contributed by atoms with E-state index in [-0.39, 0.29) is 20.1 Å². The Bertz CT molecular complexity index is 2310. The molecule has 0 atom stereocenters. The minimum Gasteiger partial charge on any atom is -0.305 e. The van der Waals surface area contributed by atoms with Gasteiger partial charge in [-0.3, -0.25) is 0 Å². The largest absolute Gasteiger partial charge is 0.305 e. The van der Waals surface area contributed by atoms with E-state index in [2.05, 4.69) is 134 Å². The summed E-state index contributed by atoms with van der Waals surface area (Å²) in [5, 5.41) is 5.07. The predicted molar refractivity (Wildman–Crippen MR) is 197 cm³/mol. The van der Waals surface area contributed by atoms with Crippen molar-refractivity contribution in [3.63, 3.8) is 0 Å². The van der Waals surface area contributed by atoms with Crippen LogP contribution in [0.25, 0.3) is 66.3 Å². The van der Waals surface area contributed by atoms with E-state index in [4.69, 9.17) is 4.98 Å². The van der Waals surface area contributed by atoms with Crippen LogP contribution in [-0.2, 0) is 20.1 Å². The normalized spacial score (nSPS) is 10.6. The van der Waals surface area contributed by atoms with E-state index in [9.17, 15) is 0 Å². The van der Waals surface area contributed by atoms with Gasteiger partial charge in [0.25, 0.3) is 0 Å². The maximum atomic E-state index is 4.71. The molecule has 6 aromatic carbocycles. The maximum Gasteiger partial charge on any atom is 0.0190 e. The van der Waals surface area contributed by atoms with Crippen LogP contribution in [0.2, 0.25) is 0 Å². The summed E-state index contributed by atoms with van der Waals surface area (Å²) in [5.41, 5.74) is 12.6. The van der Waals surface area contributed by atoms with Crippen LogP contribution in [0.5, 0.6) is 0 Å². The van der Waals surface area contributed by atoms with E-state index in [1.54, 1.807) is 0 Å². The molecule has 0 aliphatic carbocycles. The Hall–Kier alpha value is -5.21. The molecule has 0 aliphatic heterocycles. The van der Waals surface area contributed by atoms with Crippen LogP contribution >= 0.6 is 0 Å². The van der Waals surface area contributed by atoms with Crippen molar-refractivity contribution in [2.45, 2.75) is 20.8 Å². The van der Waals surface area contributed by atoms with Crippen molar-refractivity contribution in [1.29, 1.82) is 0 Å². The van der Waals surface area contributed by atoms with Gasteiger partial charge >= 0.3 is 0 Å². The van der Waals surface area contributed by atoms with E-state index < -0.39 is 0 Å². The molecule has 48 heavy (non-hydrogen) atoms. The number of pyridine rings is 2. The fourth-order valence-electron chi connectivity index (χ4n) is 6.26. The van der Waals surface area contributed by atoms with Crippen molar-refractivity contribution in [2.24, 2.45) is 0 Å². The predicted octanol–water partition coefficient (Wildman–Crippen LogP) is 11.7. The van der Waals surface area contributed by atoms with Crippen LogP contribution in [0.1, 0.15) is 16.7 Å². The number of rotatable bonds is 4. The second-order valence-corrected chi connectivity index (χ2v) is 11.9. The molecule has 0 bridgehead atoms. The Morgan fingerprint density at radius 1 is 0.500 bits per heavy atom. The molecule has 1 radical (unpaired) electrons. The minimum absolute atomic E-state index is 0. The Labute approximate surface area is 296 Å². The first-order valence-corrected chi connectivity index (χ1v) is 15.9. The standard InChI is InChI=1S/C33H24N.C12H10N.Ir/c1-22-9-7-10-23(2)33(22)27-17-18-34-32(21-27)26-13-8-12-24(19-26)31-20-25-11-3-4-14-28(25)29-15-5-6-16-30(29)31;1-10-7-8-12(13-9-10)11-5-3-2-4-6-11;/h3-12,14-21H,1-2H3;2-5,7-9H,1H3;/q2*-1;. The molecule has 2 heterocycles. The van der Waals surface area contributed by atoms with Crippen LogP contribution in [-0.4, -0.2) is 9.97 Å². The van der Waals surface area contributed by atoms with Crippen LogP contribution in [0, 0.1) is 32.9 Å². The molecule has 2 nitrogen and oxygen atoms in total. The summed E-state index contributed by atoms with van der Waals surface area (Å²) in [4.78, 5) is 9.03. The molecule has 0 spiro atoms. The molecular formula is C45H34IrN2-2. The van der Waals surface area contributed by atoms with E-state index in [1.807, 2.05) is 55.7 Å². The van der Waals surface area contributed by atoms with Gasteiger partial charge in [-0.25, -0.2) is 0 Å². The second-order valence-electron chi connectivity index (χ2n) is 11.9. The number of aryl methyl sites for hydroxylation is 3. The molecule has 0 fully saturated rings. The number of fused-ring (bicyclic) bond motifs is 3. The van der Waals surface area contributed by atoms with Crippen LogP contribution < -0.4 is 0 Å². The maximum absolute atomic E-state index is 4.71. The monoisotopic (exact) mass is 795 g/mol. The van der Waals surface area contributed by atoms with Crippen molar-refractivity contribution in [2.75, 3.05) is 0 Å². The van der Waals surface area contributed by atoms with E-state index in [1.165, 1.54) is 60.5 Å². The van der Waals surface area contributed by atoms with Gasteiger partial charge in [0, 0.05) is 32.5 Å². The van der Waals surface area contributed by atoms with Crippen molar-refractivity contribution in [3.05, 3.63) is 181 Å². The molecule has 0 saturated heterocycles. The zero-order chi connectivity index (χ0) is 32.2. The van der Waals surface area contributed by atoms with Crippen molar-refractivity contribution in [3.8, 4) is 44.8 Å². The van der Waals surface area contributed by atoms with Gasteiger partial charge in [0.05, 0.1) is 0 Å². The van der Waals surface area contributed by atoms with Crippen LogP contribution in [0.15, 0.2) is 152 Å². The van der Waals surface area contributed by atoms with E-state index in [0.29, 0.717) is 0 Å². The number of hydrogen-bond donors (Lipinski definition) is 0. The zero-order valence-corrected chi connectivity index (χ0v) is 29.6. The third kappa shape index (κ3) is 6.89. The number of nitrogens with zero attached hydrogens (tertiary/aromatic N) is 2. The van der Waals surface area contributed by atoms with Gasteiger partial charge in [0.2, 0.25) is 0 Å². The van der Waals surface area contributed by atoms with Crippen LogP contribution in [0.3, 0.4) is 0 Å². The van der Waals surface area contributed by atoms with Crippen LogP contribution in [0.4, 0.5) is 0 Å². The first-order chi connectivity index (χ1) is 23.0. The molecule has 3 heteroatoms. The van der Waals surface area contributed by atoms with Crippen molar-refractivity contribution in [1.82, 2.24) is 9.97 Å². The van der Waals surface area contributed by atoms with Gasteiger partial charge in [0.15, 0.2) is 0 Å². The first kappa shape index (κ1) is 32.7. The second kappa shape index (κ2) is 14.7. The van der Waals surface area contributed by atoms with E-state index >= 15 is 0 Å². The van der Waals surface area contributed by atoms with Gasteiger partial charge in [0.1, 0.15) is 0 Å². The van der Waals surface area contributed by atoms with E-state index in [0.717, 1.165) is 22.5 Å². The molecule has 2 aromatic heterocycles. The van der Waals surface area contributed by atoms with Gasteiger partial charge < -0.3 is 9.97 Å². The summed E-state index contributed by atoms with van der Waals surface area (Å²) in [7, 11) is 0. The average Bonchev–Trinajstić information content (AvgIpc) is 3.12. The molecular weight excluding hydrogens is 761 g/mol. The summed E-state index contributed by atoms with van der Waals surface area (Å²) in [5.74, 6) is 0. The summed E-state index contributed by atoms with van der Waals surface area (Å²) >= 11 is 0. The number of hydrogen-bond acceptors (Lipinski definition) is 2. The average molecular weight is 795 g/mol. The van der Waals surface area contributed by atoms with Gasteiger partial charge in [-0.05, 0) is 99.2 Å². The fraction of sp³-hybridized carbons (Fsp3) is 0.0667. The third-order valence-corrected chi connectivity index (χ3v) is 8.58. The molecule has 0 unspecified atom stereocenters. The Morgan fingerprint density at radius 2 is 1.23 bits per heavy atom. The Morgan fingerprint density at radius 3 is 1.98 bits per heavy atom. The quantitative estimate of drug-likeness (QED) is 0.131. The molecule has 0 saturated carbocycles. The van der Waals surface area contributed by atoms with Crippen molar-refractivity contribution >= 4 is 21.5 Å². The minimum atomic E-state index is 0. The molecule has 0 aliphatic rings.